The van der Waals surface area contributed by atoms with Crippen LogP contribution in [0.5, 0.6) is 0 Å². The van der Waals surface area contributed by atoms with Crippen LogP contribution >= 0.6 is 34.2 Å². The number of halogens is 3. The summed E-state index contributed by atoms with van der Waals surface area (Å²) < 4.78 is 15.2. The first kappa shape index (κ1) is 15.7. The van der Waals surface area contributed by atoms with E-state index in [2.05, 4.69) is 52.2 Å². The number of rotatable bonds is 5. The summed E-state index contributed by atoms with van der Waals surface area (Å²) in [6.45, 7) is 2.80. The minimum Gasteiger partial charge on any atom is -0.310 e. The predicted molar refractivity (Wildman–Crippen MR) is 90.7 cm³/mol. The highest BCUT2D eigenvalue weighted by Gasteiger charge is 2.16. The van der Waals surface area contributed by atoms with Crippen LogP contribution in [0.3, 0.4) is 0 Å². The lowest BCUT2D eigenvalue weighted by molar-refractivity contribution is 0.510. The third-order valence-electron chi connectivity index (χ3n) is 3.14. The molecular weight excluding hydrogens is 388 g/mol. The summed E-state index contributed by atoms with van der Waals surface area (Å²) in [4.78, 5) is 0. The van der Waals surface area contributed by atoms with E-state index in [9.17, 15) is 4.39 Å². The topological polar surface area (TPSA) is 12.0 Å². The van der Waals surface area contributed by atoms with E-state index in [0.717, 1.165) is 13.0 Å². The normalized spacial score (nSPS) is 12.4. The van der Waals surface area contributed by atoms with E-state index in [1.165, 1.54) is 15.2 Å². The maximum absolute atomic E-state index is 14.0. The molecule has 0 fully saturated rings. The Morgan fingerprint density at radius 2 is 1.90 bits per heavy atom. The number of nitrogens with one attached hydrogen (secondary N) is 1. The molecule has 1 nitrogen and oxygen atoms in total. The second kappa shape index (κ2) is 7.38. The predicted octanol–water partition coefficient (Wildman–Crippen LogP) is 4.98. The average Bonchev–Trinajstić information content (AvgIpc) is 2.43. The zero-order chi connectivity index (χ0) is 14.5. The highest BCUT2D eigenvalue weighted by molar-refractivity contribution is 14.1. The van der Waals surface area contributed by atoms with Crippen LogP contribution in [0.15, 0.2) is 42.5 Å². The lowest BCUT2D eigenvalue weighted by Crippen LogP contribution is -2.24. The average molecular weight is 404 g/mol. The van der Waals surface area contributed by atoms with Crippen molar-refractivity contribution in [3.05, 3.63) is 68.0 Å². The van der Waals surface area contributed by atoms with Crippen molar-refractivity contribution in [1.82, 2.24) is 5.32 Å². The summed E-state index contributed by atoms with van der Waals surface area (Å²) in [5, 5.41) is 3.89. The van der Waals surface area contributed by atoms with Crippen LogP contribution in [0.1, 0.15) is 24.1 Å². The van der Waals surface area contributed by atoms with Gasteiger partial charge in [-0.05, 0) is 71.5 Å². The van der Waals surface area contributed by atoms with Gasteiger partial charge < -0.3 is 5.32 Å². The third-order valence-corrected chi connectivity index (χ3v) is 4.09. The third kappa shape index (κ3) is 4.17. The van der Waals surface area contributed by atoms with E-state index in [1.807, 2.05) is 6.92 Å². The molecule has 0 aliphatic heterocycles. The van der Waals surface area contributed by atoms with Crippen LogP contribution in [0, 0.1) is 9.39 Å². The van der Waals surface area contributed by atoms with Gasteiger partial charge in [-0.2, -0.15) is 0 Å². The Morgan fingerprint density at radius 1 is 1.20 bits per heavy atom. The Kier molecular flexibility index (Phi) is 5.81. The molecule has 0 saturated carbocycles. The van der Waals surface area contributed by atoms with Gasteiger partial charge in [0.25, 0.3) is 0 Å². The summed E-state index contributed by atoms with van der Waals surface area (Å²) in [6.07, 6.45) is 0.738. The molecule has 0 heterocycles. The monoisotopic (exact) mass is 403 g/mol. The van der Waals surface area contributed by atoms with E-state index in [1.54, 1.807) is 12.1 Å². The van der Waals surface area contributed by atoms with E-state index in [4.69, 9.17) is 11.6 Å². The van der Waals surface area contributed by atoms with Crippen LogP contribution in [-0.2, 0) is 6.42 Å². The lowest BCUT2D eigenvalue weighted by atomic mass is 9.98. The van der Waals surface area contributed by atoms with Crippen LogP contribution < -0.4 is 5.32 Å². The highest BCUT2D eigenvalue weighted by Crippen LogP contribution is 2.24. The molecule has 0 radical (unpaired) electrons. The molecule has 0 aliphatic carbocycles. The van der Waals surface area contributed by atoms with Gasteiger partial charge in [-0.25, -0.2) is 4.39 Å². The van der Waals surface area contributed by atoms with Gasteiger partial charge in [-0.1, -0.05) is 30.7 Å². The fraction of sp³-hybridized carbons (Fsp3) is 0.250. The van der Waals surface area contributed by atoms with Gasteiger partial charge >= 0.3 is 0 Å². The molecule has 1 N–H and O–H groups in total. The van der Waals surface area contributed by atoms with Crippen LogP contribution in [-0.4, -0.2) is 6.54 Å². The minimum absolute atomic E-state index is 0.0706. The van der Waals surface area contributed by atoms with Gasteiger partial charge in [0.15, 0.2) is 0 Å². The first-order valence-corrected chi connectivity index (χ1v) is 7.98. The van der Waals surface area contributed by atoms with E-state index < -0.39 is 0 Å². The smallest absolute Gasteiger partial charge is 0.128 e. The molecule has 2 aromatic rings. The standard InChI is InChI=1S/C16H16ClFIN/c1-2-20-16(9-11-3-6-13(19)7-4-11)14-10-12(17)5-8-15(14)18/h3-8,10,16,20H,2,9H2,1H3. The molecule has 2 rings (SSSR count). The summed E-state index contributed by atoms with van der Waals surface area (Å²) in [5.74, 6) is -0.217. The zero-order valence-corrected chi connectivity index (χ0v) is 14.1. The Bertz CT molecular complexity index is 571. The highest BCUT2D eigenvalue weighted by atomic mass is 127. The summed E-state index contributed by atoms with van der Waals surface area (Å²) in [5.41, 5.74) is 1.80. The van der Waals surface area contributed by atoms with Crippen molar-refractivity contribution < 1.29 is 4.39 Å². The van der Waals surface area contributed by atoms with Crippen molar-refractivity contribution in [2.75, 3.05) is 6.54 Å². The van der Waals surface area contributed by atoms with Gasteiger partial charge in [-0.3, -0.25) is 0 Å². The fourth-order valence-electron chi connectivity index (χ4n) is 2.18. The SMILES string of the molecule is CCNC(Cc1ccc(I)cc1)c1cc(Cl)ccc1F. The maximum atomic E-state index is 14.0. The molecule has 106 valence electrons. The minimum atomic E-state index is -0.217. The van der Waals surface area contributed by atoms with Crippen molar-refractivity contribution in [3.63, 3.8) is 0 Å². The van der Waals surface area contributed by atoms with Crippen molar-refractivity contribution in [1.29, 1.82) is 0 Å². The molecule has 1 unspecified atom stereocenters. The Hall–Kier alpha value is -0.650. The molecule has 0 amide bonds. The number of hydrogen-bond donors (Lipinski definition) is 1. The molecule has 2 aromatic carbocycles. The molecule has 20 heavy (non-hydrogen) atoms. The number of benzene rings is 2. The van der Waals surface area contributed by atoms with Crippen LogP contribution in [0.4, 0.5) is 4.39 Å². The Balaban J connectivity index is 2.26. The van der Waals surface area contributed by atoms with Gasteiger partial charge in [0.1, 0.15) is 5.82 Å². The second-order valence-corrected chi connectivity index (χ2v) is 6.29. The second-order valence-electron chi connectivity index (χ2n) is 4.61. The summed E-state index contributed by atoms with van der Waals surface area (Å²) in [6, 6.07) is 12.9. The largest absolute Gasteiger partial charge is 0.310 e. The molecule has 0 aliphatic rings. The van der Waals surface area contributed by atoms with E-state index in [-0.39, 0.29) is 11.9 Å². The molecule has 0 bridgehead atoms. The number of hydrogen-bond acceptors (Lipinski definition) is 1. The van der Waals surface area contributed by atoms with Crippen molar-refractivity contribution >= 4 is 34.2 Å². The van der Waals surface area contributed by atoms with Gasteiger partial charge in [0, 0.05) is 20.2 Å². The summed E-state index contributed by atoms with van der Waals surface area (Å²) in [7, 11) is 0. The van der Waals surface area contributed by atoms with E-state index >= 15 is 0 Å². The zero-order valence-electron chi connectivity index (χ0n) is 11.2. The van der Waals surface area contributed by atoms with E-state index in [0.29, 0.717) is 10.6 Å². The molecule has 4 heteroatoms. The first-order valence-electron chi connectivity index (χ1n) is 6.53. The van der Waals surface area contributed by atoms with Crippen LogP contribution in [0.2, 0.25) is 5.02 Å². The quantitative estimate of drug-likeness (QED) is 0.695. The molecule has 0 spiro atoms. The Morgan fingerprint density at radius 3 is 2.55 bits per heavy atom. The summed E-state index contributed by atoms with van der Waals surface area (Å²) >= 11 is 8.26. The molecule has 1 atom stereocenters. The fourth-order valence-corrected chi connectivity index (χ4v) is 2.72. The van der Waals surface area contributed by atoms with Crippen molar-refractivity contribution in [2.24, 2.45) is 0 Å². The van der Waals surface area contributed by atoms with Crippen molar-refractivity contribution in [3.8, 4) is 0 Å². The van der Waals surface area contributed by atoms with Gasteiger partial charge in [0.2, 0.25) is 0 Å². The lowest BCUT2D eigenvalue weighted by Gasteiger charge is -2.19. The van der Waals surface area contributed by atoms with Crippen LogP contribution in [0.25, 0.3) is 0 Å². The molecule has 0 saturated heterocycles. The van der Waals surface area contributed by atoms with Crippen molar-refractivity contribution in [2.45, 2.75) is 19.4 Å². The maximum Gasteiger partial charge on any atom is 0.128 e. The molecular formula is C16H16ClFIN. The Labute approximate surface area is 137 Å². The molecule has 0 aromatic heterocycles. The first-order chi connectivity index (χ1) is 9.60. The number of likely N-dealkylation sites (N-methyl/N-ethyl adjacent to an activating group) is 1. The van der Waals surface area contributed by atoms with Gasteiger partial charge in [0.05, 0.1) is 0 Å². The van der Waals surface area contributed by atoms with Gasteiger partial charge in [-0.15, -0.1) is 0 Å².